The second-order valence-corrected chi connectivity index (χ2v) is 5.18. The first-order valence-electron chi connectivity index (χ1n) is 5.69. The molecule has 0 radical (unpaired) electrons. The third kappa shape index (κ3) is 4.89. The Bertz CT molecular complexity index is 533. The second kappa shape index (κ2) is 7.11. The van der Waals surface area contributed by atoms with Crippen LogP contribution in [0.4, 0.5) is 5.69 Å². The Labute approximate surface area is 120 Å². The average molecular weight is 294 g/mol. The lowest BCUT2D eigenvalue weighted by Crippen LogP contribution is -2.12. The van der Waals surface area contributed by atoms with E-state index in [4.69, 9.17) is 11.6 Å². The number of hydrogen-bond donors (Lipinski definition) is 1. The molecule has 0 fully saturated rings. The van der Waals surface area contributed by atoms with Crippen LogP contribution in [-0.4, -0.2) is 21.6 Å². The van der Waals surface area contributed by atoms with Crippen LogP contribution in [0.3, 0.4) is 0 Å². The molecule has 1 aromatic carbocycles. The maximum Gasteiger partial charge on any atom is 0.225 e. The summed E-state index contributed by atoms with van der Waals surface area (Å²) in [6.07, 6.45) is 3.78. The van der Waals surface area contributed by atoms with E-state index in [0.29, 0.717) is 22.4 Å². The van der Waals surface area contributed by atoms with Gasteiger partial charge in [-0.15, -0.1) is 0 Å². The number of carbonyl (C=O) groups excluding carboxylic acids is 1. The Morgan fingerprint density at radius 1 is 1.21 bits per heavy atom. The molecule has 0 aliphatic rings. The topological polar surface area (TPSA) is 54.9 Å². The number of benzene rings is 1. The number of thioether (sulfide) groups is 1. The predicted molar refractivity (Wildman–Crippen MR) is 77.5 cm³/mol. The van der Waals surface area contributed by atoms with Crippen LogP contribution in [0.15, 0.2) is 47.9 Å². The first kappa shape index (κ1) is 13.8. The van der Waals surface area contributed by atoms with Crippen molar-refractivity contribution in [2.75, 3.05) is 11.1 Å². The van der Waals surface area contributed by atoms with Crippen LogP contribution in [-0.2, 0) is 4.79 Å². The van der Waals surface area contributed by atoms with E-state index in [0.717, 1.165) is 5.69 Å². The van der Waals surface area contributed by atoms with Crippen molar-refractivity contribution in [1.29, 1.82) is 0 Å². The van der Waals surface area contributed by atoms with Crippen molar-refractivity contribution in [2.45, 2.75) is 11.6 Å². The molecule has 1 aromatic heterocycles. The second-order valence-electron chi connectivity index (χ2n) is 3.68. The smallest absolute Gasteiger partial charge is 0.225 e. The highest BCUT2D eigenvalue weighted by atomic mass is 35.5. The molecular formula is C13H12ClN3OS. The number of rotatable bonds is 5. The summed E-state index contributed by atoms with van der Waals surface area (Å²) >= 11 is 7.23. The maximum absolute atomic E-state index is 11.7. The van der Waals surface area contributed by atoms with Gasteiger partial charge in [0.25, 0.3) is 0 Å². The largest absolute Gasteiger partial charge is 0.326 e. The summed E-state index contributed by atoms with van der Waals surface area (Å²) in [5.74, 6) is 0.606. The lowest BCUT2D eigenvalue weighted by Gasteiger charge is -2.04. The van der Waals surface area contributed by atoms with E-state index in [2.05, 4.69) is 15.3 Å². The molecule has 0 saturated heterocycles. The van der Waals surface area contributed by atoms with Gasteiger partial charge in [-0.1, -0.05) is 23.4 Å². The van der Waals surface area contributed by atoms with Gasteiger partial charge < -0.3 is 5.32 Å². The van der Waals surface area contributed by atoms with Crippen LogP contribution in [0.2, 0.25) is 5.02 Å². The van der Waals surface area contributed by atoms with Crippen molar-refractivity contribution in [2.24, 2.45) is 0 Å². The summed E-state index contributed by atoms with van der Waals surface area (Å²) in [6, 6.07) is 8.78. The number of nitrogens with one attached hydrogen (secondary N) is 1. The number of aromatic nitrogens is 2. The summed E-state index contributed by atoms with van der Waals surface area (Å²) in [7, 11) is 0. The average Bonchev–Trinajstić information content (AvgIpc) is 2.43. The lowest BCUT2D eigenvalue weighted by atomic mass is 10.3. The van der Waals surface area contributed by atoms with Crippen LogP contribution in [0.1, 0.15) is 6.42 Å². The van der Waals surface area contributed by atoms with Gasteiger partial charge in [-0.3, -0.25) is 4.79 Å². The molecule has 4 nitrogen and oxygen atoms in total. The van der Waals surface area contributed by atoms with Gasteiger partial charge in [-0.2, -0.15) is 0 Å². The van der Waals surface area contributed by atoms with E-state index < -0.39 is 0 Å². The van der Waals surface area contributed by atoms with Crippen LogP contribution >= 0.6 is 23.4 Å². The van der Waals surface area contributed by atoms with Gasteiger partial charge in [0.1, 0.15) is 0 Å². The fourth-order valence-corrected chi connectivity index (χ4v) is 2.22. The maximum atomic E-state index is 11.7. The summed E-state index contributed by atoms with van der Waals surface area (Å²) in [6.45, 7) is 0. The summed E-state index contributed by atoms with van der Waals surface area (Å²) in [4.78, 5) is 19.8. The Kier molecular flexibility index (Phi) is 5.18. The third-order valence-corrected chi connectivity index (χ3v) is 3.36. The number of nitrogens with zero attached hydrogens (tertiary/aromatic N) is 2. The molecule has 1 heterocycles. The molecule has 98 valence electrons. The van der Waals surface area contributed by atoms with Gasteiger partial charge in [-0.05, 0) is 30.3 Å². The summed E-state index contributed by atoms with van der Waals surface area (Å²) in [5.41, 5.74) is 0.746. The molecule has 19 heavy (non-hydrogen) atoms. The van der Waals surface area contributed by atoms with Gasteiger partial charge in [0, 0.05) is 35.3 Å². The zero-order valence-electron chi connectivity index (χ0n) is 10.0. The van der Waals surface area contributed by atoms with Crippen LogP contribution in [0.25, 0.3) is 0 Å². The van der Waals surface area contributed by atoms with E-state index in [-0.39, 0.29) is 5.91 Å². The first-order valence-corrected chi connectivity index (χ1v) is 7.05. The van der Waals surface area contributed by atoms with Crippen molar-refractivity contribution in [3.63, 3.8) is 0 Å². The molecule has 0 aliphatic heterocycles. The molecule has 0 bridgehead atoms. The van der Waals surface area contributed by atoms with Crippen molar-refractivity contribution >= 4 is 35.0 Å². The normalized spacial score (nSPS) is 10.2. The highest BCUT2D eigenvalue weighted by molar-refractivity contribution is 7.99. The minimum atomic E-state index is -0.0363. The molecule has 0 aliphatic carbocycles. The molecule has 2 rings (SSSR count). The Balaban J connectivity index is 1.74. The molecule has 1 N–H and O–H groups in total. The summed E-state index contributed by atoms with van der Waals surface area (Å²) < 4.78 is 0. The van der Waals surface area contributed by atoms with E-state index in [1.165, 1.54) is 11.8 Å². The van der Waals surface area contributed by atoms with Gasteiger partial charge in [0.15, 0.2) is 5.16 Å². The van der Waals surface area contributed by atoms with Crippen LogP contribution < -0.4 is 5.32 Å². The molecule has 0 atom stereocenters. The Morgan fingerprint density at radius 3 is 2.58 bits per heavy atom. The predicted octanol–water partition coefficient (Wildman–Crippen LogP) is 3.25. The highest BCUT2D eigenvalue weighted by Gasteiger charge is 2.03. The minimum absolute atomic E-state index is 0.0363. The SMILES string of the molecule is O=C(CCSc1ncccn1)Nc1ccc(Cl)cc1. The highest BCUT2D eigenvalue weighted by Crippen LogP contribution is 2.15. The van der Waals surface area contributed by atoms with Crippen molar-refractivity contribution in [1.82, 2.24) is 9.97 Å². The number of amides is 1. The third-order valence-electron chi connectivity index (χ3n) is 2.23. The number of halogens is 1. The molecule has 6 heteroatoms. The van der Waals surface area contributed by atoms with Gasteiger partial charge >= 0.3 is 0 Å². The standard InChI is InChI=1S/C13H12ClN3OS/c14-10-2-4-11(5-3-10)17-12(18)6-9-19-13-15-7-1-8-16-13/h1-5,7-8H,6,9H2,(H,17,18). The van der Waals surface area contributed by atoms with Gasteiger partial charge in [0.2, 0.25) is 5.91 Å². The van der Waals surface area contributed by atoms with E-state index in [9.17, 15) is 4.79 Å². The quantitative estimate of drug-likeness (QED) is 0.679. The van der Waals surface area contributed by atoms with E-state index in [1.54, 1.807) is 42.7 Å². The Morgan fingerprint density at radius 2 is 1.89 bits per heavy atom. The summed E-state index contributed by atoms with van der Waals surface area (Å²) in [5, 5.41) is 4.13. The lowest BCUT2D eigenvalue weighted by molar-refractivity contribution is -0.115. The number of hydrogen-bond acceptors (Lipinski definition) is 4. The van der Waals surface area contributed by atoms with Crippen molar-refractivity contribution < 1.29 is 4.79 Å². The number of anilines is 1. The number of carbonyl (C=O) groups is 1. The van der Waals surface area contributed by atoms with E-state index >= 15 is 0 Å². The fourth-order valence-electron chi connectivity index (χ4n) is 1.35. The monoisotopic (exact) mass is 293 g/mol. The molecule has 0 unspecified atom stereocenters. The molecule has 2 aromatic rings. The Hall–Kier alpha value is -1.59. The van der Waals surface area contributed by atoms with Crippen molar-refractivity contribution in [3.8, 4) is 0 Å². The first-order chi connectivity index (χ1) is 9.24. The van der Waals surface area contributed by atoms with Crippen molar-refractivity contribution in [3.05, 3.63) is 47.7 Å². The van der Waals surface area contributed by atoms with Crippen LogP contribution in [0.5, 0.6) is 0 Å². The minimum Gasteiger partial charge on any atom is -0.326 e. The van der Waals surface area contributed by atoms with E-state index in [1.807, 2.05) is 0 Å². The molecule has 1 amide bonds. The zero-order valence-corrected chi connectivity index (χ0v) is 11.6. The molecule has 0 spiro atoms. The van der Waals surface area contributed by atoms with Gasteiger partial charge in [0.05, 0.1) is 0 Å². The fraction of sp³-hybridized carbons (Fsp3) is 0.154. The zero-order chi connectivity index (χ0) is 13.5. The molecule has 0 saturated carbocycles. The molecular weight excluding hydrogens is 282 g/mol. The van der Waals surface area contributed by atoms with Crippen LogP contribution in [0, 0.1) is 0 Å². The van der Waals surface area contributed by atoms with Gasteiger partial charge in [-0.25, -0.2) is 9.97 Å².